The van der Waals surface area contributed by atoms with Crippen LogP contribution in [0.1, 0.15) is 17.0 Å². The normalized spacial score (nSPS) is 10.4. The summed E-state index contributed by atoms with van der Waals surface area (Å²) in [7, 11) is 0. The van der Waals surface area contributed by atoms with Crippen LogP contribution in [-0.4, -0.2) is 30.8 Å². The summed E-state index contributed by atoms with van der Waals surface area (Å²) in [5.41, 5.74) is 0. The standard InChI is InChI=1S/C16H15Cl2NO4S/c17-11-3-4-12(18)14(10-11)24-9-8-23-15(20)5-6-19-16(21)13-2-1-7-22-13/h1-4,7,10H,5-6,8-9H2,(H,19,21). The second-order valence-electron chi connectivity index (χ2n) is 4.63. The zero-order valence-electron chi connectivity index (χ0n) is 12.6. The van der Waals surface area contributed by atoms with Gasteiger partial charge in [-0.3, -0.25) is 9.59 Å². The van der Waals surface area contributed by atoms with E-state index in [1.165, 1.54) is 18.0 Å². The molecule has 0 radical (unpaired) electrons. The minimum atomic E-state index is -0.382. The smallest absolute Gasteiger partial charge is 0.307 e. The maximum Gasteiger partial charge on any atom is 0.307 e. The number of hydrogen-bond acceptors (Lipinski definition) is 5. The van der Waals surface area contributed by atoms with Crippen molar-refractivity contribution in [2.75, 3.05) is 18.9 Å². The first-order valence-corrected chi connectivity index (χ1v) is 8.85. The van der Waals surface area contributed by atoms with Crippen molar-refractivity contribution >= 4 is 46.8 Å². The Hall–Kier alpha value is -1.63. The maximum absolute atomic E-state index is 11.6. The molecule has 0 unspecified atom stereocenters. The largest absolute Gasteiger partial charge is 0.465 e. The van der Waals surface area contributed by atoms with Gasteiger partial charge < -0.3 is 14.5 Å². The van der Waals surface area contributed by atoms with Gasteiger partial charge in [0.2, 0.25) is 0 Å². The molecule has 1 aromatic heterocycles. The Bertz CT molecular complexity index is 691. The van der Waals surface area contributed by atoms with Gasteiger partial charge in [0.1, 0.15) is 6.61 Å². The maximum atomic E-state index is 11.6. The Labute approximate surface area is 153 Å². The number of carbonyl (C=O) groups is 2. The van der Waals surface area contributed by atoms with Crippen molar-refractivity contribution < 1.29 is 18.7 Å². The summed E-state index contributed by atoms with van der Waals surface area (Å²) in [6.45, 7) is 0.435. The highest BCUT2D eigenvalue weighted by atomic mass is 35.5. The SMILES string of the molecule is O=C(CCNC(=O)c1ccco1)OCCSc1cc(Cl)ccc1Cl. The minimum absolute atomic E-state index is 0.0923. The third-order valence-electron chi connectivity index (χ3n) is 2.86. The monoisotopic (exact) mass is 387 g/mol. The molecule has 0 aliphatic heterocycles. The van der Waals surface area contributed by atoms with E-state index in [9.17, 15) is 9.59 Å². The molecule has 0 saturated carbocycles. The number of nitrogens with one attached hydrogen (secondary N) is 1. The van der Waals surface area contributed by atoms with Crippen molar-refractivity contribution in [3.63, 3.8) is 0 Å². The molecule has 0 spiro atoms. The van der Waals surface area contributed by atoms with Gasteiger partial charge in [0.05, 0.1) is 17.7 Å². The summed E-state index contributed by atoms with van der Waals surface area (Å²) in [6.07, 6.45) is 1.50. The van der Waals surface area contributed by atoms with Crippen molar-refractivity contribution in [2.45, 2.75) is 11.3 Å². The van der Waals surface area contributed by atoms with E-state index in [1.54, 1.807) is 30.3 Å². The molecule has 5 nitrogen and oxygen atoms in total. The van der Waals surface area contributed by atoms with E-state index >= 15 is 0 Å². The van der Waals surface area contributed by atoms with Crippen LogP contribution in [0.4, 0.5) is 0 Å². The predicted octanol–water partition coefficient (Wildman–Crippen LogP) is 4.04. The molecule has 1 amide bonds. The van der Waals surface area contributed by atoms with E-state index in [2.05, 4.69) is 5.32 Å². The molecule has 2 aromatic rings. The van der Waals surface area contributed by atoms with E-state index in [0.29, 0.717) is 15.8 Å². The zero-order chi connectivity index (χ0) is 17.4. The lowest BCUT2D eigenvalue weighted by molar-refractivity contribution is -0.142. The van der Waals surface area contributed by atoms with Gasteiger partial charge in [-0.05, 0) is 30.3 Å². The molecule has 0 aliphatic rings. The molecule has 2 rings (SSSR count). The fourth-order valence-electron chi connectivity index (χ4n) is 1.74. The number of halogens is 2. The summed E-state index contributed by atoms with van der Waals surface area (Å²) >= 11 is 13.4. The van der Waals surface area contributed by atoms with Gasteiger partial charge in [-0.15, -0.1) is 11.8 Å². The third-order valence-corrected chi connectivity index (χ3v) is 4.55. The molecule has 8 heteroatoms. The molecule has 1 N–H and O–H groups in total. The highest BCUT2D eigenvalue weighted by molar-refractivity contribution is 7.99. The molecule has 0 fully saturated rings. The fraction of sp³-hybridized carbons (Fsp3) is 0.250. The lowest BCUT2D eigenvalue weighted by Crippen LogP contribution is -2.26. The Morgan fingerprint density at radius 1 is 1.25 bits per heavy atom. The number of ether oxygens (including phenoxy) is 1. The Morgan fingerprint density at radius 2 is 2.08 bits per heavy atom. The molecule has 0 bridgehead atoms. The van der Waals surface area contributed by atoms with Gasteiger partial charge in [0.25, 0.3) is 5.91 Å². The van der Waals surface area contributed by atoms with Crippen molar-refractivity contribution in [3.05, 3.63) is 52.4 Å². The van der Waals surface area contributed by atoms with Gasteiger partial charge in [-0.1, -0.05) is 23.2 Å². The lowest BCUT2D eigenvalue weighted by atomic mass is 10.4. The second kappa shape index (κ2) is 9.61. The van der Waals surface area contributed by atoms with Crippen molar-refractivity contribution in [3.8, 4) is 0 Å². The van der Waals surface area contributed by atoms with Crippen LogP contribution in [-0.2, 0) is 9.53 Å². The quantitative estimate of drug-likeness (QED) is 0.420. The van der Waals surface area contributed by atoms with Gasteiger partial charge in [0, 0.05) is 22.2 Å². The molecule has 128 valence electrons. The number of hydrogen-bond donors (Lipinski definition) is 1. The van der Waals surface area contributed by atoms with E-state index < -0.39 is 0 Å². The topological polar surface area (TPSA) is 68.5 Å². The average molecular weight is 388 g/mol. The van der Waals surface area contributed by atoms with Crippen LogP contribution in [0.15, 0.2) is 45.9 Å². The van der Waals surface area contributed by atoms with Crippen LogP contribution in [0.25, 0.3) is 0 Å². The molecule has 1 heterocycles. The summed E-state index contributed by atoms with van der Waals surface area (Å²) < 4.78 is 10.0. The summed E-state index contributed by atoms with van der Waals surface area (Å²) in [5.74, 6) is 0.0227. The van der Waals surface area contributed by atoms with E-state index in [-0.39, 0.29) is 37.2 Å². The number of amides is 1. The Kier molecular flexibility index (Phi) is 7.49. The molecular formula is C16H15Cl2NO4S. The first-order valence-electron chi connectivity index (χ1n) is 7.11. The molecule has 0 saturated heterocycles. The van der Waals surface area contributed by atoms with Gasteiger partial charge in [0.15, 0.2) is 5.76 Å². The number of benzene rings is 1. The van der Waals surface area contributed by atoms with Crippen molar-refractivity contribution in [1.82, 2.24) is 5.32 Å². The number of carbonyl (C=O) groups excluding carboxylic acids is 2. The first kappa shape index (κ1) is 18.7. The van der Waals surface area contributed by atoms with Gasteiger partial charge >= 0.3 is 5.97 Å². The van der Waals surface area contributed by atoms with Gasteiger partial charge in [-0.25, -0.2) is 0 Å². The van der Waals surface area contributed by atoms with Gasteiger partial charge in [-0.2, -0.15) is 0 Å². The molecule has 0 aliphatic carbocycles. The highest BCUT2D eigenvalue weighted by Gasteiger charge is 2.09. The summed E-state index contributed by atoms with van der Waals surface area (Å²) in [6, 6.07) is 8.37. The second-order valence-corrected chi connectivity index (χ2v) is 6.61. The third kappa shape index (κ3) is 6.11. The van der Waals surface area contributed by atoms with Crippen LogP contribution in [0.3, 0.4) is 0 Å². The van der Waals surface area contributed by atoms with Crippen LogP contribution in [0.2, 0.25) is 10.0 Å². The van der Waals surface area contributed by atoms with Crippen LogP contribution >= 0.6 is 35.0 Å². The fourth-order valence-corrected chi connectivity index (χ4v) is 3.06. The number of furan rings is 1. The molecule has 0 atom stereocenters. The van der Waals surface area contributed by atoms with Crippen molar-refractivity contribution in [1.29, 1.82) is 0 Å². The summed E-state index contributed by atoms with van der Waals surface area (Å²) in [4.78, 5) is 24.0. The molecular weight excluding hydrogens is 373 g/mol. The minimum Gasteiger partial charge on any atom is -0.465 e. The Morgan fingerprint density at radius 3 is 2.83 bits per heavy atom. The van der Waals surface area contributed by atoms with E-state index in [1.807, 2.05) is 0 Å². The lowest BCUT2D eigenvalue weighted by Gasteiger charge is -2.07. The van der Waals surface area contributed by atoms with E-state index in [4.69, 9.17) is 32.4 Å². The highest BCUT2D eigenvalue weighted by Crippen LogP contribution is 2.29. The average Bonchev–Trinajstić information content (AvgIpc) is 3.09. The van der Waals surface area contributed by atoms with Crippen LogP contribution in [0.5, 0.6) is 0 Å². The van der Waals surface area contributed by atoms with E-state index in [0.717, 1.165) is 4.90 Å². The number of rotatable bonds is 8. The zero-order valence-corrected chi connectivity index (χ0v) is 14.9. The Balaban J connectivity index is 1.60. The number of esters is 1. The summed E-state index contributed by atoms with van der Waals surface area (Å²) in [5, 5.41) is 3.79. The molecule has 24 heavy (non-hydrogen) atoms. The van der Waals surface area contributed by atoms with Crippen LogP contribution < -0.4 is 5.32 Å². The predicted molar refractivity (Wildman–Crippen MR) is 93.8 cm³/mol. The first-order chi connectivity index (χ1) is 11.6. The van der Waals surface area contributed by atoms with Crippen LogP contribution in [0, 0.1) is 0 Å². The molecule has 1 aromatic carbocycles. The van der Waals surface area contributed by atoms with Crippen molar-refractivity contribution in [2.24, 2.45) is 0 Å². The number of thioether (sulfide) groups is 1.